The lowest BCUT2D eigenvalue weighted by atomic mass is 10.1. The molecule has 1 aliphatic carbocycles. The van der Waals surface area contributed by atoms with Crippen molar-refractivity contribution in [2.24, 2.45) is 0 Å². The first-order valence-electron chi connectivity index (χ1n) is 6.73. The zero-order valence-corrected chi connectivity index (χ0v) is 11.1. The molecule has 0 amide bonds. The third-order valence-electron chi connectivity index (χ3n) is 3.46. The topological polar surface area (TPSA) is 46.0 Å². The highest BCUT2D eigenvalue weighted by Crippen LogP contribution is 2.32. The molecule has 0 saturated heterocycles. The summed E-state index contributed by atoms with van der Waals surface area (Å²) in [6.45, 7) is 0. The Bertz CT molecular complexity index is 575. The van der Waals surface area contributed by atoms with Crippen LogP contribution in [0.15, 0.2) is 60.1 Å². The molecule has 0 radical (unpaired) electrons. The Morgan fingerprint density at radius 1 is 1.00 bits per heavy atom. The lowest BCUT2D eigenvalue weighted by Gasteiger charge is -2.06. The van der Waals surface area contributed by atoms with Gasteiger partial charge in [-0.2, -0.15) is 0 Å². The lowest BCUT2D eigenvalue weighted by molar-refractivity contribution is 0.257. The van der Waals surface area contributed by atoms with E-state index in [-0.39, 0.29) is 0 Å². The summed E-state index contributed by atoms with van der Waals surface area (Å²) in [6.07, 6.45) is 10.6. The van der Waals surface area contributed by atoms with Crippen LogP contribution in [-0.2, 0) is 0 Å². The molecule has 0 aromatic carbocycles. The lowest BCUT2D eigenvalue weighted by Crippen LogP contribution is -2.05. The van der Waals surface area contributed by atoms with Crippen molar-refractivity contribution in [3.8, 4) is 0 Å². The van der Waals surface area contributed by atoms with Gasteiger partial charge in [-0.25, -0.2) is 0 Å². The molecule has 0 bridgehead atoms. The number of aliphatic hydroxyl groups excluding tert-OH is 1. The molecule has 1 aliphatic rings. The summed E-state index contributed by atoms with van der Waals surface area (Å²) in [6, 6.07) is 9.68. The summed E-state index contributed by atoms with van der Waals surface area (Å²) in [5.74, 6) is 0. The van der Waals surface area contributed by atoms with Crippen LogP contribution < -0.4 is 0 Å². The standard InChI is InChI=1S/C17H16N2O/c20-17-14(10-13-4-3-8-18-12-13)6-7-15(17)11-16-5-1-2-9-19-16/h1-5,8-12,17,20H,6-7H2. The Kier molecular flexibility index (Phi) is 3.70. The molecule has 0 aliphatic heterocycles. The zero-order chi connectivity index (χ0) is 13.8. The van der Waals surface area contributed by atoms with Crippen molar-refractivity contribution in [1.29, 1.82) is 0 Å². The van der Waals surface area contributed by atoms with Gasteiger partial charge in [0.25, 0.3) is 0 Å². The molecule has 1 saturated carbocycles. The number of hydrogen-bond acceptors (Lipinski definition) is 3. The summed E-state index contributed by atoms with van der Waals surface area (Å²) >= 11 is 0. The predicted octanol–water partition coefficient (Wildman–Crippen LogP) is 3.10. The van der Waals surface area contributed by atoms with E-state index in [1.807, 2.05) is 42.5 Å². The van der Waals surface area contributed by atoms with Gasteiger partial charge in [-0.1, -0.05) is 18.2 Å². The zero-order valence-electron chi connectivity index (χ0n) is 11.1. The third kappa shape index (κ3) is 2.83. The first kappa shape index (κ1) is 12.8. The maximum atomic E-state index is 10.4. The Morgan fingerprint density at radius 3 is 2.55 bits per heavy atom. The molecule has 2 aromatic heterocycles. The highest BCUT2D eigenvalue weighted by molar-refractivity contribution is 5.60. The summed E-state index contributed by atoms with van der Waals surface area (Å²) in [7, 11) is 0. The summed E-state index contributed by atoms with van der Waals surface area (Å²) in [4.78, 5) is 8.36. The minimum atomic E-state index is -0.503. The van der Waals surface area contributed by atoms with Gasteiger partial charge in [-0.15, -0.1) is 0 Å². The van der Waals surface area contributed by atoms with E-state index in [0.29, 0.717) is 0 Å². The van der Waals surface area contributed by atoms with Gasteiger partial charge in [0, 0.05) is 18.6 Å². The van der Waals surface area contributed by atoms with E-state index < -0.39 is 6.10 Å². The second-order valence-corrected chi connectivity index (χ2v) is 4.88. The molecule has 100 valence electrons. The van der Waals surface area contributed by atoms with Crippen LogP contribution in [0.2, 0.25) is 0 Å². The molecular weight excluding hydrogens is 248 g/mol. The fourth-order valence-electron chi connectivity index (χ4n) is 2.43. The van der Waals surface area contributed by atoms with E-state index in [0.717, 1.165) is 35.2 Å². The first-order valence-corrected chi connectivity index (χ1v) is 6.73. The highest BCUT2D eigenvalue weighted by atomic mass is 16.3. The number of hydrogen-bond donors (Lipinski definition) is 1. The minimum Gasteiger partial charge on any atom is -0.384 e. The van der Waals surface area contributed by atoms with Gasteiger partial charge in [0.05, 0.1) is 11.8 Å². The molecule has 1 fully saturated rings. The molecule has 1 atom stereocenters. The van der Waals surface area contributed by atoms with Crippen molar-refractivity contribution in [1.82, 2.24) is 9.97 Å². The van der Waals surface area contributed by atoms with Gasteiger partial charge in [-0.05, 0) is 53.8 Å². The minimum absolute atomic E-state index is 0.503. The molecular formula is C17H16N2O. The molecule has 3 rings (SSSR count). The van der Waals surface area contributed by atoms with Gasteiger partial charge in [0.1, 0.15) is 0 Å². The van der Waals surface area contributed by atoms with Crippen molar-refractivity contribution in [2.45, 2.75) is 18.9 Å². The Morgan fingerprint density at radius 2 is 1.85 bits per heavy atom. The molecule has 3 nitrogen and oxygen atoms in total. The van der Waals surface area contributed by atoms with Crippen molar-refractivity contribution in [3.63, 3.8) is 0 Å². The summed E-state index contributed by atoms with van der Waals surface area (Å²) < 4.78 is 0. The number of nitrogens with zero attached hydrogens (tertiary/aromatic N) is 2. The van der Waals surface area contributed by atoms with E-state index >= 15 is 0 Å². The Balaban J connectivity index is 1.83. The van der Waals surface area contributed by atoms with Gasteiger partial charge >= 0.3 is 0 Å². The monoisotopic (exact) mass is 264 g/mol. The van der Waals surface area contributed by atoms with Crippen LogP contribution in [0.5, 0.6) is 0 Å². The van der Waals surface area contributed by atoms with Crippen LogP contribution in [0.4, 0.5) is 0 Å². The highest BCUT2D eigenvalue weighted by Gasteiger charge is 2.23. The number of aromatic nitrogens is 2. The quantitative estimate of drug-likeness (QED) is 0.906. The first-order chi connectivity index (χ1) is 9.83. The van der Waals surface area contributed by atoms with Crippen LogP contribution >= 0.6 is 0 Å². The van der Waals surface area contributed by atoms with Crippen molar-refractivity contribution >= 4 is 12.2 Å². The summed E-state index contributed by atoms with van der Waals surface area (Å²) in [5, 5.41) is 10.4. The van der Waals surface area contributed by atoms with Crippen molar-refractivity contribution in [3.05, 3.63) is 71.3 Å². The molecule has 20 heavy (non-hydrogen) atoms. The smallest absolute Gasteiger partial charge is 0.0968 e. The Hall–Kier alpha value is -2.26. The normalized spacial score (nSPS) is 22.6. The van der Waals surface area contributed by atoms with E-state index in [1.165, 1.54) is 0 Å². The van der Waals surface area contributed by atoms with E-state index in [2.05, 4.69) is 9.97 Å². The average molecular weight is 264 g/mol. The fraction of sp³-hybridized carbons (Fsp3) is 0.176. The van der Waals surface area contributed by atoms with E-state index in [4.69, 9.17) is 0 Å². The molecule has 2 aromatic rings. The SMILES string of the molecule is OC1C(=Cc2cccnc2)CCC1=Cc1ccccn1. The van der Waals surface area contributed by atoms with Crippen LogP contribution in [0, 0.1) is 0 Å². The summed E-state index contributed by atoms with van der Waals surface area (Å²) in [5.41, 5.74) is 3.99. The van der Waals surface area contributed by atoms with Crippen LogP contribution in [0.1, 0.15) is 24.1 Å². The largest absolute Gasteiger partial charge is 0.384 e. The van der Waals surface area contributed by atoms with Crippen molar-refractivity contribution in [2.75, 3.05) is 0 Å². The Labute approximate surface area is 118 Å². The second-order valence-electron chi connectivity index (χ2n) is 4.88. The second kappa shape index (κ2) is 5.80. The van der Waals surface area contributed by atoms with Gasteiger partial charge in [-0.3, -0.25) is 9.97 Å². The van der Waals surface area contributed by atoms with Crippen LogP contribution in [0.25, 0.3) is 12.2 Å². The van der Waals surface area contributed by atoms with Crippen LogP contribution in [0.3, 0.4) is 0 Å². The van der Waals surface area contributed by atoms with Crippen molar-refractivity contribution < 1.29 is 5.11 Å². The number of rotatable bonds is 2. The number of aliphatic hydroxyl groups is 1. The van der Waals surface area contributed by atoms with Gasteiger partial charge in [0.15, 0.2) is 0 Å². The number of pyridine rings is 2. The molecule has 2 heterocycles. The van der Waals surface area contributed by atoms with Gasteiger partial charge in [0.2, 0.25) is 0 Å². The average Bonchev–Trinajstić information content (AvgIpc) is 2.83. The van der Waals surface area contributed by atoms with Crippen LogP contribution in [-0.4, -0.2) is 21.2 Å². The maximum absolute atomic E-state index is 10.4. The van der Waals surface area contributed by atoms with E-state index in [9.17, 15) is 5.11 Å². The molecule has 1 unspecified atom stereocenters. The third-order valence-corrected chi connectivity index (χ3v) is 3.46. The molecule has 1 N–H and O–H groups in total. The molecule has 0 spiro atoms. The fourth-order valence-corrected chi connectivity index (χ4v) is 2.43. The molecule has 3 heteroatoms. The van der Waals surface area contributed by atoms with Gasteiger partial charge < -0.3 is 5.11 Å². The maximum Gasteiger partial charge on any atom is 0.0968 e. The predicted molar refractivity (Wildman–Crippen MR) is 79.7 cm³/mol. The van der Waals surface area contributed by atoms with E-state index in [1.54, 1.807) is 18.6 Å².